The van der Waals surface area contributed by atoms with Crippen molar-refractivity contribution in [2.75, 3.05) is 13.1 Å². The van der Waals surface area contributed by atoms with Gasteiger partial charge in [-0.2, -0.15) is 13.9 Å². The van der Waals surface area contributed by atoms with Crippen LogP contribution in [0.3, 0.4) is 0 Å². The molecule has 2 aromatic rings. The van der Waals surface area contributed by atoms with Gasteiger partial charge in [-0.05, 0) is 62.2 Å². The predicted octanol–water partition coefficient (Wildman–Crippen LogP) is 4.61. The molecule has 0 spiro atoms. The van der Waals surface area contributed by atoms with Crippen LogP contribution in [0.2, 0.25) is 0 Å². The van der Waals surface area contributed by atoms with E-state index in [0.717, 1.165) is 31.5 Å². The van der Waals surface area contributed by atoms with E-state index in [2.05, 4.69) is 14.8 Å². The maximum atomic E-state index is 12.7. The first-order chi connectivity index (χ1) is 13.0. The van der Waals surface area contributed by atoms with Crippen LogP contribution in [0.4, 0.5) is 8.78 Å². The highest BCUT2D eigenvalue weighted by atomic mass is 32.2. The Hall–Kier alpha value is -1.74. The van der Waals surface area contributed by atoms with E-state index >= 15 is 0 Å². The third-order valence-corrected chi connectivity index (χ3v) is 6.13. The van der Waals surface area contributed by atoms with Gasteiger partial charge in [0.1, 0.15) is 5.82 Å². The molecule has 27 heavy (non-hydrogen) atoms. The second-order valence-corrected chi connectivity index (χ2v) is 8.41. The molecule has 1 aliphatic carbocycles. The number of rotatable bonds is 5. The number of carbonyl (C=O) groups excluding carboxylic acids is 1. The quantitative estimate of drug-likeness (QED) is 0.578. The summed E-state index contributed by atoms with van der Waals surface area (Å²) >= 11 is 5.84. The van der Waals surface area contributed by atoms with Gasteiger partial charge in [0.25, 0.3) is 11.7 Å². The number of hydrogen-bond acceptors (Lipinski definition) is 4. The Bertz CT molecular complexity index is 868. The van der Waals surface area contributed by atoms with Crippen molar-refractivity contribution in [1.82, 2.24) is 19.7 Å². The van der Waals surface area contributed by atoms with Crippen LogP contribution >= 0.6 is 24.0 Å². The largest absolute Gasteiger partial charge is 0.339 e. The number of nitrogens with zero attached hydrogens (tertiary/aromatic N) is 3. The number of nitrogens with one attached hydrogen (secondary N) is 1. The van der Waals surface area contributed by atoms with Crippen molar-refractivity contribution in [3.05, 3.63) is 40.4 Å². The van der Waals surface area contributed by atoms with E-state index in [0.29, 0.717) is 52.0 Å². The molecule has 2 fully saturated rings. The number of H-pyrrole nitrogens is 1. The average Bonchev–Trinajstić information content (AvgIpc) is 3.43. The van der Waals surface area contributed by atoms with Crippen LogP contribution < -0.4 is 0 Å². The summed E-state index contributed by atoms with van der Waals surface area (Å²) in [6.07, 6.45) is 3.99. The molecule has 9 heteroatoms. The third-order valence-electron chi connectivity index (χ3n) is 5.12. The van der Waals surface area contributed by atoms with Crippen LogP contribution in [-0.2, 0) is 0 Å². The normalized spacial score (nSPS) is 18.3. The number of hydrogen-bond donors (Lipinski definition) is 1. The molecule has 1 saturated carbocycles. The van der Waals surface area contributed by atoms with Crippen molar-refractivity contribution in [3.63, 3.8) is 0 Å². The maximum absolute atomic E-state index is 12.7. The van der Waals surface area contributed by atoms with Crippen LogP contribution in [-0.4, -0.2) is 44.4 Å². The molecule has 1 aromatic heterocycles. The highest BCUT2D eigenvalue weighted by Crippen LogP contribution is 2.39. The number of carbonyl (C=O) groups is 1. The van der Waals surface area contributed by atoms with E-state index in [-0.39, 0.29) is 5.91 Å². The molecule has 2 aliphatic rings. The van der Waals surface area contributed by atoms with Gasteiger partial charge < -0.3 is 9.47 Å². The van der Waals surface area contributed by atoms with E-state index in [4.69, 9.17) is 12.2 Å². The first-order valence-electron chi connectivity index (χ1n) is 9.04. The smallest absolute Gasteiger partial charge is 0.288 e. The van der Waals surface area contributed by atoms with Crippen molar-refractivity contribution < 1.29 is 13.6 Å². The molecule has 1 amide bonds. The summed E-state index contributed by atoms with van der Waals surface area (Å²) in [5.74, 6) is -1.19. The van der Waals surface area contributed by atoms with Gasteiger partial charge in [-0.1, -0.05) is 11.8 Å². The van der Waals surface area contributed by atoms with E-state index in [9.17, 15) is 13.6 Å². The minimum absolute atomic E-state index is 0.0527. The second-order valence-electron chi connectivity index (χ2n) is 6.96. The van der Waals surface area contributed by atoms with Crippen molar-refractivity contribution in [3.8, 4) is 0 Å². The number of likely N-dealkylation sites (tertiary alicyclic amines) is 1. The lowest BCUT2D eigenvalue weighted by Crippen LogP contribution is -2.38. The number of benzene rings is 1. The van der Waals surface area contributed by atoms with Crippen LogP contribution in [0.15, 0.2) is 29.2 Å². The first kappa shape index (κ1) is 18.6. The Morgan fingerprint density at radius 2 is 1.85 bits per heavy atom. The average molecular weight is 411 g/mol. The standard InChI is InChI=1S/C18H20F2N4OS2/c19-17(20)27-14-5-1-12(2-6-14)16(25)23-9-7-11(8-10-23)15-21-22-18(26)24(15)13-3-4-13/h1-2,5-6,11,13,17H,3-4,7-10H2,(H,22,26). The number of piperidine rings is 1. The fraction of sp³-hybridized carbons (Fsp3) is 0.500. The summed E-state index contributed by atoms with van der Waals surface area (Å²) in [5.41, 5.74) is 0.535. The minimum Gasteiger partial charge on any atom is -0.339 e. The molecule has 1 saturated heterocycles. The highest BCUT2D eigenvalue weighted by Gasteiger charge is 2.32. The minimum atomic E-state index is -2.46. The van der Waals surface area contributed by atoms with E-state index in [1.165, 1.54) is 0 Å². The number of aromatic amines is 1. The van der Waals surface area contributed by atoms with Crippen LogP contribution in [0.25, 0.3) is 0 Å². The molecular formula is C18H20F2N4OS2. The molecule has 0 atom stereocenters. The summed E-state index contributed by atoms with van der Waals surface area (Å²) in [6.45, 7) is 1.31. The Labute approximate surface area is 165 Å². The van der Waals surface area contributed by atoms with Crippen molar-refractivity contribution in [2.24, 2.45) is 0 Å². The van der Waals surface area contributed by atoms with Gasteiger partial charge in [-0.3, -0.25) is 9.89 Å². The lowest BCUT2D eigenvalue weighted by molar-refractivity contribution is 0.0710. The van der Waals surface area contributed by atoms with Crippen molar-refractivity contribution in [2.45, 2.75) is 48.3 Å². The van der Waals surface area contributed by atoms with Gasteiger partial charge in [-0.15, -0.1) is 0 Å². The number of halogens is 2. The molecule has 1 N–H and O–H groups in total. The van der Waals surface area contributed by atoms with Crippen LogP contribution in [0, 0.1) is 4.77 Å². The summed E-state index contributed by atoms with van der Waals surface area (Å²) in [5, 5.41) is 7.36. The molecule has 2 heterocycles. The van der Waals surface area contributed by atoms with Crippen molar-refractivity contribution >= 4 is 29.9 Å². The molecule has 0 radical (unpaired) electrons. The summed E-state index contributed by atoms with van der Waals surface area (Å²) in [7, 11) is 0. The van der Waals surface area contributed by atoms with Gasteiger partial charge in [0.15, 0.2) is 4.77 Å². The summed E-state index contributed by atoms with van der Waals surface area (Å²) in [4.78, 5) is 15.0. The number of alkyl halides is 2. The Morgan fingerprint density at radius 1 is 1.19 bits per heavy atom. The lowest BCUT2D eigenvalue weighted by atomic mass is 9.95. The summed E-state index contributed by atoms with van der Waals surface area (Å²) < 4.78 is 27.6. The van der Waals surface area contributed by atoms with Gasteiger partial charge >= 0.3 is 0 Å². The lowest BCUT2D eigenvalue weighted by Gasteiger charge is -2.31. The SMILES string of the molecule is O=C(c1ccc(SC(F)F)cc1)N1CCC(c2n[nH]c(=S)n2C2CC2)CC1. The molecule has 1 aromatic carbocycles. The molecule has 1 aliphatic heterocycles. The predicted molar refractivity (Wildman–Crippen MR) is 102 cm³/mol. The number of amides is 1. The maximum Gasteiger partial charge on any atom is 0.288 e. The monoisotopic (exact) mass is 410 g/mol. The van der Waals surface area contributed by atoms with Crippen LogP contribution in [0.5, 0.6) is 0 Å². The zero-order valence-electron chi connectivity index (χ0n) is 14.6. The molecule has 4 rings (SSSR count). The van der Waals surface area contributed by atoms with Gasteiger partial charge in [0.05, 0.1) is 0 Å². The summed E-state index contributed by atoms with van der Waals surface area (Å²) in [6, 6.07) is 6.87. The first-order valence-corrected chi connectivity index (χ1v) is 10.3. The van der Waals surface area contributed by atoms with Crippen molar-refractivity contribution in [1.29, 1.82) is 0 Å². The number of thioether (sulfide) groups is 1. The Balaban J connectivity index is 1.39. The fourth-order valence-corrected chi connectivity index (χ4v) is 4.38. The Kier molecular flexibility index (Phi) is 5.32. The van der Waals surface area contributed by atoms with E-state index in [1.807, 2.05) is 4.90 Å². The van der Waals surface area contributed by atoms with Gasteiger partial charge in [0.2, 0.25) is 0 Å². The zero-order valence-corrected chi connectivity index (χ0v) is 16.2. The molecule has 144 valence electrons. The fourth-order valence-electron chi connectivity index (χ4n) is 3.59. The number of aromatic nitrogens is 3. The zero-order chi connectivity index (χ0) is 19.0. The molecule has 0 unspecified atom stereocenters. The van der Waals surface area contributed by atoms with E-state index < -0.39 is 5.76 Å². The second kappa shape index (κ2) is 7.71. The molecule has 5 nitrogen and oxygen atoms in total. The Morgan fingerprint density at radius 3 is 2.44 bits per heavy atom. The molecular weight excluding hydrogens is 390 g/mol. The van der Waals surface area contributed by atoms with Gasteiger partial charge in [0, 0.05) is 35.5 Å². The highest BCUT2D eigenvalue weighted by molar-refractivity contribution is 7.99. The van der Waals surface area contributed by atoms with Crippen LogP contribution in [0.1, 0.15) is 53.8 Å². The topological polar surface area (TPSA) is 53.9 Å². The van der Waals surface area contributed by atoms with Gasteiger partial charge in [-0.25, -0.2) is 0 Å². The molecule has 0 bridgehead atoms. The third kappa shape index (κ3) is 4.08. The van der Waals surface area contributed by atoms with E-state index in [1.54, 1.807) is 24.3 Å².